The molecule has 0 saturated heterocycles. The minimum absolute atomic E-state index is 0.0673. The molecule has 0 aliphatic rings. The van der Waals surface area contributed by atoms with Gasteiger partial charge in [-0.1, -0.05) is 27.7 Å². The maximum absolute atomic E-state index is 13.2. The number of aromatic carboxylic acids is 1. The summed E-state index contributed by atoms with van der Waals surface area (Å²) < 4.78 is 13.2. The van der Waals surface area contributed by atoms with Gasteiger partial charge in [-0.25, -0.2) is 14.0 Å². The minimum Gasteiger partial charge on any atom is -0.478 e. The lowest BCUT2D eigenvalue weighted by molar-refractivity contribution is 0.0698. The summed E-state index contributed by atoms with van der Waals surface area (Å²) in [5, 5.41) is 14.1. The number of nitrogens with one attached hydrogen (secondary N) is 2. The predicted molar refractivity (Wildman–Crippen MR) is 79.0 cm³/mol. The van der Waals surface area contributed by atoms with Gasteiger partial charge in [-0.05, 0) is 29.5 Å². The minimum atomic E-state index is -1.23. The van der Waals surface area contributed by atoms with Gasteiger partial charge in [0.05, 0.1) is 11.3 Å². The molecular weight excluding hydrogens is 275 g/mol. The molecule has 116 valence electrons. The van der Waals surface area contributed by atoms with Crippen molar-refractivity contribution in [3.8, 4) is 0 Å². The van der Waals surface area contributed by atoms with E-state index < -0.39 is 17.8 Å². The molecule has 0 unspecified atom stereocenters. The highest BCUT2D eigenvalue weighted by molar-refractivity contribution is 5.99. The van der Waals surface area contributed by atoms with E-state index in [0.717, 1.165) is 18.2 Å². The molecule has 0 aliphatic heterocycles. The summed E-state index contributed by atoms with van der Waals surface area (Å²) in [6.07, 6.45) is 0. The molecule has 21 heavy (non-hydrogen) atoms. The van der Waals surface area contributed by atoms with Gasteiger partial charge in [0.25, 0.3) is 0 Å². The van der Waals surface area contributed by atoms with Gasteiger partial charge < -0.3 is 15.7 Å². The van der Waals surface area contributed by atoms with E-state index in [1.807, 2.05) is 13.8 Å². The maximum Gasteiger partial charge on any atom is 0.337 e. The lowest BCUT2D eigenvalue weighted by Crippen LogP contribution is -2.39. The van der Waals surface area contributed by atoms with Gasteiger partial charge in [-0.15, -0.1) is 0 Å². The fourth-order valence-corrected chi connectivity index (χ4v) is 1.49. The quantitative estimate of drug-likeness (QED) is 0.780. The Bertz CT molecular complexity index is 542. The van der Waals surface area contributed by atoms with Crippen LogP contribution in [-0.4, -0.2) is 23.7 Å². The van der Waals surface area contributed by atoms with E-state index in [-0.39, 0.29) is 16.7 Å². The van der Waals surface area contributed by atoms with Crippen LogP contribution in [0.4, 0.5) is 14.9 Å². The molecule has 2 amide bonds. The zero-order valence-electron chi connectivity index (χ0n) is 12.7. The Balaban J connectivity index is 2.76. The number of carbonyl (C=O) groups is 2. The lowest BCUT2D eigenvalue weighted by atomic mass is 9.81. The number of halogens is 1. The van der Waals surface area contributed by atoms with Crippen molar-refractivity contribution in [3.63, 3.8) is 0 Å². The van der Waals surface area contributed by atoms with Gasteiger partial charge in [0.2, 0.25) is 0 Å². The Morgan fingerprint density at radius 1 is 1.33 bits per heavy atom. The van der Waals surface area contributed by atoms with Crippen molar-refractivity contribution in [2.75, 3.05) is 11.9 Å². The average Bonchev–Trinajstić information content (AvgIpc) is 2.36. The Morgan fingerprint density at radius 2 is 1.95 bits per heavy atom. The van der Waals surface area contributed by atoms with E-state index in [1.54, 1.807) is 0 Å². The molecule has 6 heteroatoms. The largest absolute Gasteiger partial charge is 0.478 e. The molecule has 5 nitrogen and oxygen atoms in total. The fraction of sp³-hybridized carbons (Fsp3) is 0.467. The van der Waals surface area contributed by atoms with Crippen LogP contribution in [0.15, 0.2) is 18.2 Å². The van der Waals surface area contributed by atoms with Crippen LogP contribution >= 0.6 is 0 Å². The van der Waals surface area contributed by atoms with Crippen LogP contribution in [0.5, 0.6) is 0 Å². The number of benzene rings is 1. The smallest absolute Gasteiger partial charge is 0.337 e. The van der Waals surface area contributed by atoms with Gasteiger partial charge in [-0.2, -0.15) is 0 Å². The normalized spacial score (nSPS) is 11.3. The first kappa shape index (κ1) is 16.9. The van der Waals surface area contributed by atoms with Crippen molar-refractivity contribution < 1.29 is 19.1 Å². The van der Waals surface area contributed by atoms with Crippen molar-refractivity contribution in [2.45, 2.75) is 27.7 Å². The molecule has 0 saturated carbocycles. The maximum atomic E-state index is 13.2. The van der Waals surface area contributed by atoms with Crippen LogP contribution in [0.1, 0.15) is 38.1 Å². The van der Waals surface area contributed by atoms with Crippen LogP contribution < -0.4 is 10.6 Å². The standard InChI is InChI=1S/C15H21FN2O3/c1-9(2)15(3,4)8-17-14(21)18-12-7-10(16)5-6-11(12)13(19)20/h5-7,9H,8H2,1-4H3,(H,19,20)(H2,17,18,21). The van der Waals surface area contributed by atoms with Gasteiger partial charge >= 0.3 is 12.0 Å². The molecule has 0 heterocycles. The number of amides is 2. The van der Waals surface area contributed by atoms with E-state index in [2.05, 4.69) is 24.5 Å². The van der Waals surface area contributed by atoms with Crippen LogP contribution in [-0.2, 0) is 0 Å². The van der Waals surface area contributed by atoms with E-state index in [0.29, 0.717) is 12.5 Å². The molecule has 0 aromatic heterocycles. The number of anilines is 1. The van der Waals surface area contributed by atoms with Crippen molar-refractivity contribution in [3.05, 3.63) is 29.6 Å². The number of carboxylic acid groups (broad SMARTS) is 1. The number of rotatable bonds is 5. The molecule has 0 spiro atoms. The Hall–Kier alpha value is -2.11. The van der Waals surface area contributed by atoms with Gasteiger partial charge in [0, 0.05) is 6.54 Å². The summed E-state index contributed by atoms with van der Waals surface area (Å²) in [4.78, 5) is 22.9. The second-order valence-electron chi connectivity index (χ2n) is 5.95. The molecule has 0 bridgehead atoms. The highest BCUT2D eigenvalue weighted by Crippen LogP contribution is 2.24. The van der Waals surface area contributed by atoms with E-state index >= 15 is 0 Å². The first-order valence-electron chi connectivity index (χ1n) is 6.71. The first-order chi connectivity index (χ1) is 9.63. The number of hydrogen-bond acceptors (Lipinski definition) is 2. The molecule has 1 aromatic carbocycles. The summed E-state index contributed by atoms with van der Waals surface area (Å²) in [6.45, 7) is 8.56. The SMILES string of the molecule is CC(C)C(C)(C)CNC(=O)Nc1cc(F)ccc1C(=O)O. The topological polar surface area (TPSA) is 78.4 Å². The molecule has 3 N–H and O–H groups in total. The second-order valence-corrected chi connectivity index (χ2v) is 5.95. The predicted octanol–water partition coefficient (Wildman–Crippen LogP) is 3.33. The zero-order chi connectivity index (χ0) is 16.2. The van der Waals surface area contributed by atoms with Crippen LogP contribution in [0, 0.1) is 17.2 Å². The molecule has 0 fully saturated rings. The third kappa shape index (κ3) is 4.73. The summed E-state index contributed by atoms with van der Waals surface area (Å²) in [5.74, 6) is -1.48. The highest BCUT2D eigenvalue weighted by atomic mass is 19.1. The van der Waals surface area contributed by atoms with E-state index in [4.69, 9.17) is 5.11 Å². The second kappa shape index (κ2) is 6.56. The molecular formula is C15H21FN2O3. The van der Waals surface area contributed by atoms with Gasteiger partial charge in [-0.3, -0.25) is 0 Å². The monoisotopic (exact) mass is 296 g/mol. The lowest BCUT2D eigenvalue weighted by Gasteiger charge is -2.29. The fourth-order valence-electron chi connectivity index (χ4n) is 1.49. The van der Waals surface area contributed by atoms with Gasteiger partial charge in [0.1, 0.15) is 5.82 Å². The summed E-state index contributed by atoms with van der Waals surface area (Å²) in [6, 6.07) is 2.58. The summed E-state index contributed by atoms with van der Waals surface area (Å²) >= 11 is 0. The van der Waals surface area contributed by atoms with Gasteiger partial charge in [0.15, 0.2) is 0 Å². The zero-order valence-corrected chi connectivity index (χ0v) is 12.7. The Labute approximate surface area is 123 Å². The molecule has 0 aliphatic carbocycles. The number of carbonyl (C=O) groups excluding carboxylic acids is 1. The van der Waals surface area contributed by atoms with E-state index in [1.165, 1.54) is 0 Å². The first-order valence-corrected chi connectivity index (χ1v) is 6.71. The van der Waals surface area contributed by atoms with E-state index in [9.17, 15) is 14.0 Å². The summed E-state index contributed by atoms with van der Waals surface area (Å²) in [5.41, 5.74) is -0.327. The third-order valence-electron chi connectivity index (χ3n) is 3.73. The van der Waals surface area contributed by atoms with Crippen LogP contribution in [0.2, 0.25) is 0 Å². The number of urea groups is 1. The molecule has 1 rings (SSSR count). The van der Waals surface area contributed by atoms with Crippen molar-refractivity contribution in [1.82, 2.24) is 5.32 Å². The third-order valence-corrected chi connectivity index (χ3v) is 3.73. The summed E-state index contributed by atoms with van der Waals surface area (Å²) in [7, 11) is 0. The average molecular weight is 296 g/mol. The Morgan fingerprint density at radius 3 is 2.48 bits per heavy atom. The number of hydrogen-bond donors (Lipinski definition) is 3. The highest BCUT2D eigenvalue weighted by Gasteiger charge is 2.23. The van der Waals surface area contributed by atoms with Crippen molar-refractivity contribution in [2.24, 2.45) is 11.3 Å². The van der Waals surface area contributed by atoms with Crippen molar-refractivity contribution in [1.29, 1.82) is 0 Å². The molecule has 0 radical (unpaired) electrons. The number of carboxylic acids is 1. The van der Waals surface area contributed by atoms with Crippen LogP contribution in [0.3, 0.4) is 0 Å². The Kier molecular flexibility index (Phi) is 5.29. The molecule has 0 atom stereocenters. The van der Waals surface area contributed by atoms with Crippen molar-refractivity contribution >= 4 is 17.7 Å². The van der Waals surface area contributed by atoms with Crippen LogP contribution in [0.25, 0.3) is 0 Å². The molecule has 1 aromatic rings.